The molecule has 0 bridgehead atoms. The van der Waals surface area contributed by atoms with Crippen molar-refractivity contribution in [2.75, 3.05) is 30.4 Å². The second-order valence-corrected chi connectivity index (χ2v) is 11.7. The number of thiazole rings is 1. The molecule has 5 rings (SSSR count). The summed E-state index contributed by atoms with van der Waals surface area (Å²) in [5.41, 5.74) is 0.254. The number of halogens is 2. The van der Waals surface area contributed by atoms with E-state index in [0.29, 0.717) is 22.6 Å². The van der Waals surface area contributed by atoms with Gasteiger partial charge in [-0.1, -0.05) is 23.5 Å². The quantitative estimate of drug-likeness (QED) is 0.226. The average Bonchev–Trinajstić information content (AvgIpc) is 3.31. The maximum Gasteiger partial charge on any atom is 0.281 e. The van der Waals surface area contributed by atoms with Crippen LogP contribution >= 0.6 is 11.3 Å². The van der Waals surface area contributed by atoms with Crippen molar-refractivity contribution in [1.82, 2.24) is 9.97 Å². The summed E-state index contributed by atoms with van der Waals surface area (Å²) in [6, 6.07) is 9.82. The number of methoxy groups -OCH3 is 1. The highest BCUT2D eigenvalue weighted by molar-refractivity contribution is 7.92. The predicted octanol–water partition coefficient (Wildman–Crippen LogP) is 4.14. The Morgan fingerprint density at radius 1 is 1.18 bits per heavy atom. The minimum absolute atomic E-state index is 0.00531. The second kappa shape index (κ2) is 10.6. The Kier molecular flexibility index (Phi) is 7.35. The number of aromatic nitrogens is 2. The van der Waals surface area contributed by atoms with Crippen molar-refractivity contribution in [2.45, 2.75) is 24.1 Å². The molecule has 0 saturated carbocycles. The lowest BCUT2D eigenvalue weighted by atomic mass is 9.96. The Balaban J connectivity index is 1.39. The van der Waals surface area contributed by atoms with Crippen molar-refractivity contribution in [3.63, 3.8) is 0 Å². The lowest BCUT2D eigenvalue weighted by molar-refractivity contribution is -0.182. The lowest BCUT2D eigenvalue weighted by Gasteiger charge is -2.35. The molecule has 10 nitrogen and oxygen atoms in total. The monoisotopic (exact) mass is 590 g/mol. The molecule has 1 aliphatic rings. The molecule has 4 aromatic rings. The van der Waals surface area contributed by atoms with Gasteiger partial charge in [0, 0.05) is 17.7 Å². The lowest BCUT2D eigenvalue weighted by Crippen LogP contribution is -2.46. The van der Waals surface area contributed by atoms with Crippen LogP contribution in [0.3, 0.4) is 0 Å². The highest BCUT2D eigenvalue weighted by atomic mass is 32.2. The van der Waals surface area contributed by atoms with E-state index in [2.05, 4.69) is 20.0 Å². The van der Waals surface area contributed by atoms with E-state index in [1.165, 1.54) is 19.4 Å². The Hall–Kier alpha value is -3.85. The first kappa shape index (κ1) is 27.7. The maximum atomic E-state index is 13.9. The fourth-order valence-electron chi connectivity index (χ4n) is 4.12. The number of aliphatic hydroxyl groups is 1. The number of aromatic hydroxyl groups is 1. The number of pyridine rings is 1. The van der Waals surface area contributed by atoms with Crippen molar-refractivity contribution in [2.24, 2.45) is 0 Å². The largest absolute Gasteiger partial charge is 0.504 e. The fraction of sp³-hybridized carbons (Fsp3) is 0.231. The van der Waals surface area contributed by atoms with Crippen LogP contribution in [0.1, 0.15) is 16.0 Å². The SMILES string of the molecule is COc1cccc(CNc2cnc(S(=O)(=O)Nc3nc(-c4ccc(F)c(F)c4)c(C4(O)COC4)s3)c(C)c2)c1O. The third kappa shape index (κ3) is 5.30. The number of para-hydroxylation sites is 1. The Morgan fingerprint density at radius 2 is 1.95 bits per heavy atom. The minimum Gasteiger partial charge on any atom is -0.504 e. The van der Waals surface area contributed by atoms with Crippen molar-refractivity contribution in [3.8, 4) is 22.8 Å². The van der Waals surface area contributed by atoms with Gasteiger partial charge in [0.25, 0.3) is 10.0 Å². The number of sulfonamides is 1. The van der Waals surface area contributed by atoms with Gasteiger partial charge in [-0.3, -0.25) is 4.72 Å². The van der Waals surface area contributed by atoms with Crippen LogP contribution < -0.4 is 14.8 Å². The molecule has 1 saturated heterocycles. The van der Waals surface area contributed by atoms with Gasteiger partial charge in [0.05, 0.1) is 42.8 Å². The topological polar surface area (TPSA) is 143 Å². The number of benzene rings is 2. The Labute approximate surface area is 232 Å². The van der Waals surface area contributed by atoms with Crippen LogP contribution in [0.4, 0.5) is 19.6 Å². The number of anilines is 2. The molecule has 0 spiro atoms. The van der Waals surface area contributed by atoms with E-state index in [9.17, 15) is 27.4 Å². The third-order valence-electron chi connectivity index (χ3n) is 6.22. The Bertz CT molecular complexity index is 1690. The smallest absolute Gasteiger partial charge is 0.281 e. The average molecular weight is 591 g/mol. The predicted molar refractivity (Wildman–Crippen MR) is 144 cm³/mol. The number of hydrogen-bond acceptors (Lipinski definition) is 10. The first-order chi connectivity index (χ1) is 19.0. The molecule has 0 unspecified atom stereocenters. The molecule has 0 atom stereocenters. The van der Waals surface area contributed by atoms with E-state index >= 15 is 0 Å². The van der Waals surface area contributed by atoms with E-state index in [1.807, 2.05) is 0 Å². The molecular formula is C26H24F2N4O6S2. The minimum atomic E-state index is -4.22. The van der Waals surface area contributed by atoms with Gasteiger partial charge in [-0.05, 0) is 42.8 Å². The highest BCUT2D eigenvalue weighted by Gasteiger charge is 2.43. The molecule has 2 aromatic carbocycles. The van der Waals surface area contributed by atoms with Crippen molar-refractivity contribution in [1.29, 1.82) is 0 Å². The van der Waals surface area contributed by atoms with Crippen LogP contribution in [-0.4, -0.2) is 48.9 Å². The Morgan fingerprint density at radius 3 is 2.60 bits per heavy atom. The van der Waals surface area contributed by atoms with Crippen molar-refractivity contribution < 1.29 is 36.9 Å². The zero-order chi connectivity index (χ0) is 28.7. The summed E-state index contributed by atoms with van der Waals surface area (Å²) in [4.78, 5) is 8.66. The maximum absolute atomic E-state index is 13.9. The van der Waals surface area contributed by atoms with Gasteiger partial charge in [-0.25, -0.2) is 18.7 Å². The standard InChI is InChI=1S/C26H24F2N4O6S2/c1-14-8-17(29-10-16-4-3-5-20(37-2)22(16)33)11-30-24(14)40(35,36)32-25-31-21(15-6-7-18(27)19(28)9-15)23(39-25)26(34)12-38-13-26/h3-9,11,29,33-34H,10,12-13H2,1-2H3,(H,31,32). The van der Waals surface area contributed by atoms with Gasteiger partial charge in [0.2, 0.25) is 0 Å². The molecule has 0 aliphatic carbocycles. The highest BCUT2D eigenvalue weighted by Crippen LogP contribution is 2.42. The number of hydrogen-bond donors (Lipinski definition) is 4. The van der Waals surface area contributed by atoms with Gasteiger partial charge >= 0.3 is 0 Å². The molecule has 40 heavy (non-hydrogen) atoms. The van der Waals surface area contributed by atoms with E-state index < -0.39 is 27.3 Å². The van der Waals surface area contributed by atoms with Crippen LogP contribution in [0.5, 0.6) is 11.5 Å². The number of rotatable bonds is 9. The number of nitrogens with zero attached hydrogens (tertiary/aromatic N) is 2. The molecule has 1 fully saturated rings. The number of ether oxygens (including phenoxy) is 2. The van der Waals surface area contributed by atoms with Gasteiger partial charge in [0.1, 0.15) is 5.60 Å². The molecule has 0 amide bonds. The van der Waals surface area contributed by atoms with Crippen molar-refractivity contribution in [3.05, 3.63) is 76.3 Å². The summed E-state index contributed by atoms with van der Waals surface area (Å²) in [5.74, 6) is -1.83. The van der Waals surface area contributed by atoms with Crippen LogP contribution in [0, 0.1) is 18.6 Å². The van der Waals surface area contributed by atoms with Crippen LogP contribution in [0.25, 0.3) is 11.3 Å². The molecule has 2 aromatic heterocycles. The fourth-order valence-corrected chi connectivity index (χ4v) is 6.56. The zero-order valence-corrected chi connectivity index (χ0v) is 22.9. The summed E-state index contributed by atoms with van der Waals surface area (Å²) in [6.45, 7) is 1.70. The number of aryl methyl sites for hydroxylation is 1. The van der Waals surface area contributed by atoms with Gasteiger partial charge in [-0.2, -0.15) is 8.42 Å². The molecule has 0 radical (unpaired) electrons. The van der Waals surface area contributed by atoms with Gasteiger partial charge in [-0.15, -0.1) is 0 Å². The van der Waals surface area contributed by atoms with Crippen molar-refractivity contribution >= 4 is 32.2 Å². The molecule has 4 N–H and O–H groups in total. The van der Waals surface area contributed by atoms with Crippen LogP contribution in [0.2, 0.25) is 0 Å². The van der Waals surface area contributed by atoms with Gasteiger partial charge < -0.3 is 25.0 Å². The second-order valence-electron chi connectivity index (χ2n) is 9.12. The summed E-state index contributed by atoms with van der Waals surface area (Å²) in [5, 5.41) is 23.9. The van der Waals surface area contributed by atoms with E-state index in [-0.39, 0.29) is 51.8 Å². The molecule has 210 valence electrons. The molecule has 1 aliphatic heterocycles. The van der Waals surface area contributed by atoms with Crippen LogP contribution in [0.15, 0.2) is 53.7 Å². The normalized spacial score (nSPS) is 14.4. The summed E-state index contributed by atoms with van der Waals surface area (Å²) in [6.07, 6.45) is 1.34. The van der Waals surface area contributed by atoms with E-state index in [4.69, 9.17) is 9.47 Å². The summed E-state index contributed by atoms with van der Waals surface area (Å²) in [7, 11) is -2.77. The van der Waals surface area contributed by atoms with Crippen LogP contribution in [-0.2, 0) is 26.9 Å². The third-order valence-corrected chi connectivity index (χ3v) is 8.91. The first-order valence-corrected chi connectivity index (χ1v) is 14.2. The first-order valence-electron chi connectivity index (χ1n) is 11.9. The van der Waals surface area contributed by atoms with E-state index in [1.54, 1.807) is 31.2 Å². The van der Waals surface area contributed by atoms with Gasteiger partial charge in [0.15, 0.2) is 33.3 Å². The van der Waals surface area contributed by atoms with E-state index in [0.717, 1.165) is 23.5 Å². The molecular weight excluding hydrogens is 566 g/mol. The zero-order valence-electron chi connectivity index (χ0n) is 21.2. The summed E-state index contributed by atoms with van der Waals surface area (Å²) < 4.78 is 66.6. The summed E-state index contributed by atoms with van der Waals surface area (Å²) >= 11 is 0.866. The number of nitrogens with one attached hydrogen (secondary N) is 2. The molecule has 14 heteroatoms. The number of phenols is 1. The number of phenolic OH excluding ortho intramolecular Hbond substituents is 1. The molecule has 3 heterocycles.